The van der Waals surface area contributed by atoms with Gasteiger partial charge in [-0.05, 0) is 53.6 Å². The number of carbonyl (C=O) groups is 2. The molecule has 0 unspecified atom stereocenters. The molecular formula is C14H15FINO4. The fraction of sp³-hybridized carbons (Fsp3) is 0.429. The van der Waals surface area contributed by atoms with Gasteiger partial charge in [0, 0.05) is 16.7 Å². The summed E-state index contributed by atoms with van der Waals surface area (Å²) in [4.78, 5) is 24.5. The molecule has 1 aliphatic rings. The number of nitrogens with zero attached hydrogens (tertiary/aromatic N) is 1. The van der Waals surface area contributed by atoms with Gasteiger partial charge >= 0.3 is 5.97 Å². The van der Waals surface area contributed by atoms with Gasteiger partial charge in [0.05, 0.1) is 11.7 Å². The second-order valence-corrected chi connectivity index (χ2v) is 5.98. The highest BCUT2D eigenvalue weighted by atomic mass is 127. The number of aliphatic carboxylic acids is 1. The number of amides is 1. The molecule has 1 heterocycles. The van der Waals surface area contributed by atoms with Crippen LogP contribution in [0.2, 0.25) is 0 Å². The first-order chi connectivity index (χ1) is 9.97. The summed E-state index contributed by atoms with van der Waals surface area (Å²) < 4.78 is 18.9. The summed E-state index contributed by atoms with van der Waals surface area (Å²) in [6, 6.07) is 4.10. The third-order valence-electron chi connectivity index (χ3n) is 3.33. The third kappa shape index (κ3) is 4.37. The predicted octanol–water partition coefficient (Wildman–Crippen LogP) is 2.14. The predicted molar refractivity (Wildman–Crippen MR) is 81.6 cm³/mol. The highest BCUT2D eigenvalue weighted by molar-refractivity contribution is 14.1. The zero-order valence-corrected chi connectivity index (χ0v) is 13.4. The number of ether oxygens (including phenoxy) is 1. The van der Waals surface area contributed by atoms with Crippen LogP contribution in [-0.4, -0.2) is 47.7 Å². The van der Waals surface area contributed by atoms with Crippen LogP contribution in [-0.2, 0) is 9.53 Å². The minimum atomic E-state index is -0.991. The molecule has 0 bridgehead atoms. The first-order valence-corrected chi connectivity index (χ1v) is 7.63. The van der Waals surface area contributed by atoms with E-state index in [-0.39, 0.29) is 24.4 Å². The van der Waals surface area contributed by atoms with E-state index >= 15 is 0 Å². The van der Waals surface area contributed by atoms with Gasteiger partial charge in [0.15, 0.2) is 0 Å². The number of benzene rings is 1. The molecule has 0 saturated carbocycles. The van der Waals surface area contributed by atoms with Crippen LogP contribution in [0.3, 0.4) is 0 Å². The van der Waals surface area contributed by atoms with E-state index in [0.717, 1.165) is 0 Å². The molecule has 0 aromatic heterocycles. The Bertz CT molecular complexity index is 544. The normalized spacial score (nSPS) is 16.0. The highest BCUT2D eigenvalue weighted by Gasteiger charge is 2.25. The van der Waals surface area contributed by atoms with Crippen molar-refractivity contribution in [1.82, 2.24) is 4.90 Å². The van der Waals surface area contributed by atoms with Gasteiger partial charge < -0.3 is 14.7 Å². The number of carbonyl (C=O) groups excluding carboxylic acids is 1. The number of carboxylic acids is 1. The Morgan fingerprint density at radius 3 is 2.62 bits per heavy atom. The fourth-order valence-electron chi connectivity index (χ4n) is 2.25. The van der Waals surface area contributed by atoms with Crippen molar-refractivity contribution < 1.29 is 23.8 Å². The summed E-state index contributed by atoms with van der Waals surface area (Å²) in [6.45, 7) is 0.710. The van der Waals surface area contributed by atoms with Crippen LogP contribution < -0.4 is 0 Å². The molecular weight excluding hydrogens is 392 g/mol. The maximum absolute atomic E-state index is 13.1. The van der Waals surface area contributed by atoms with E-state index in [1.165, 1.54) is 18.2 Å². The van der Waals surface area contributed by atoms with Crippen molar-refractivity contribution in [1.29, 1.82) is 0 Å². The molecule has 1 fully saturated rings. The molecule has 0 radical (unpaired) electrons. The molecule has 21 heavy (non-hydrogen) atoms. The van der Waals surface area contributed by atoms with Crippen molar-refractivity contribution in [3.63, 3.8) is 0 Å². The molecule has 1 amide bonds. The average molecular weight is 407 g/mol. The van der Waals surface area contributed by atoms with Crippen LogP contribution in [0.1, 0.15) is 23.2 Å². The largest absolute Gasteiger partial charge is 0.480 e. The van der Waals surface area contributed by atoms with Crippen molar-refractivity contribution in [3.05, 3.63) is 33.1 Å². The van der Waals surface area contributed by atoms with Gasteiger partial charge in [0.2, 0.25) is 0 Å². The molecule has 5 nitrogen and oxygen atoms in total. The fourth-order valence-corrected chi connectivity index (χ4v) is 2.96. The van der Waals surface area contributed by atoms with Crippen LogP contribution in [0.5, 0.6) is 0 Å². The third-order valence-corrected chi connectivity index (χ3v) is 4.23. The number of rotatable bonds is 4. The lowest BCUT2D eigenvalue weighted by Crippen LogP contribution is -2.41. The lowest BCUT2D eigenvalue weighted by molar-refractivity contribution is -0.145. The number of piperidine rings is 1. The number of hydrogen-bond acceptors (Lipinski definition) is 3. The minimum absolute atomic E-state index is 0.127. The molecule has 7 heteroatoms. The molecule has 1 aromatic rings. The molecule has 114 valence electrons. The Hall–Kier alpha value is -1.22. The van der Waals surface area contributed by atoms with E-state index in [1.807, 2.05) is 22.6 Å². The second-order valence-electron chi connectivity index (χ2n) is 4.82. The van der Waals surface area contributed by atoms with Gasteiger partial charge in [-0.1, -0.05) is 0 Å². The summed E-state index contributed by atoms with van der Waals surface area (Å²) >= 11 is 1.94. The van der Waals surface area contributed by atoms with Crippen molar-refractivity contribution in [2.45, 2.75) is 18.9 Å². The zero-order valence-electron chi connectivity index (χ0n) is 11.2. The zero-order chi connectivity index (χ0) is 15.4. The molecule has 2 rings (SSSR count). The van der Waals surface area contributed by atoms with E-state index in [4.69, 9.17) is 9.84 Å². The van der Waals surface area contributed by atoms with E-state index in [2.05, 4.69) is 0 Å². The van der Waals surface area contributed by atoms with Crippen molar-refractivity contribution >= 4 is 34.5 Å². The molecule has 1 saturated heterocycles. The second kappa shape index (κ2) is 7.17. The molecule has 1 aliphatic heterocycles. The summed E-state index contributed by atoms with van der Waals surface area (Å²) in [6.07, 6.45) is 1.09. The summed E-state index contributed by atoms with van der Waals surface area (Å²) in [7, 11) is 0. The van der Waals surface area contributed by atoms with Crippen LogP contribution >= 0.6 is 22.6 Å². The van der Waals surface area contributed by atoms with E-state index in [9.17, 15) is 14.0 Å². The standard InChI is InChI=1S/C14H15FINO4/c15-9-1-2-11(12(16)7-9)14(20)17-5-3-10(4-6-17)21-8-13(18)19/h1-2,7,10H,3-6,8H2,(H,18,19). The maximum atomic E-state index is 13.1. The van der Waals surface area contributed by atoms with Crippen molar-refractivity contribution in [2.24, 2.45) is 0 Å². The van der Waals surface area contributed by atoms with Crippen LogP contribution in [0.15, 0.2) is 18.2 Å². The van der Waals surface area contributed by atoms with Crippen molar-refractivity contribution in [2.75, 3.05) is 19.7 Å². The van der Waals surface area contributed by atoms with E-state index in [1.54, 1.807) is 4.90 Å². The van der Waals surface area contributed by atoms with Gasteiger partial charge in [0.1, 0.15) is 12.4 Å². The van der Waals surface area contributed by atoms with E-state index in [0.29, 0.717) is 35.1 Å². The van der Waals surface area contributed by atoms with Crippen LogP contribution in [0.4, 0.5) is 4.39 Å². The molecule has 0 atom stereocenters. The summed E-state index contributed by atoms with van der Waals surface area (Å²) in [5.41, 5.74) is 0.488. The maximum Gasteiger partial charge on any atom is 0.329 e. The quantitative estimate of drug-likeness (QED) is 0.777. The Kier molecular flexibility index (Phi) is 5.51. The Labute approximate surface area is 135 Å². The molecule has 0 aliphatic carbocycles. The monoisotopic (exact) mass is 407 g/mol. The van der Waals surface area contributed by atoms with Gasteiger partial charge in [0.25, 0.3) is 5.91 Å². The lowest BCUT2D eigenvalue weighted by Gasteiger charge is -2.32. The Morgan fingerprint density at radius 1 is 1.38 bits per heavy atom. The van der Waals surface area contributed by atoms with Crippen LogP contribution in [0.25, 0.3) is 0 Å². The van der Waals surface area contributed by atoms with Crippen molar-refractivity contribution in [3.8, 4) is 0 Å². The van der Waals surface area contributed by atoms with Crippen LogP contribution in [0, 0.1) is 9.39 Å². The van der Waals surface area contributed by atoms with Gasteiger partial charge in [-0.25, -0.2) is 9.18 Å². The Morgan fingerprint density at radius 2 is 2.05 bits per heavy atom. The molecule has 0 spiro atoms. The number of hydrogen-bond donors (Lipinski definition) is 1. The molecule has 1 N–H and O–H groups in total. The Balaban J connectivity index is 1.92. The van der Waals surface area contributed by atoms with Gasteiger partial charge in [-0.3, -0.25) is 4.79 Å². The minimum Gasteiger partial charge on any atom is -0.480 e. The van der Waals surface area contributed by atoms with Gasteiger partial charge in [-0.2, -0.15) is 0 Å². The number of carboxylic acid groups (broad SMARTS) is 1. The SMILES string of the molecule is O=C(O)COC1CCN(C(=O)c2ccc(F)cc2I)CC1. The number of halogens is 2. The number of likely N-dealkylation sites (tertiary alicyclic amines) is 1. The lowest BCUT2D eigenvalue weighted by atomic mass is 10.1. The van der Waals surface area contributed by atoms with Gasteiger partial charge in [-0.15, -0.1) is 0 Å². The first-order valence-electron chi connectivity index (χ1n) is 6.55. The smallest absolute Gasteiger partial charge is 0.329 e. The first kappa shape index (κ1) is 16.2. The summed E-state index contributed by atoms with van der Waals surface area (Å²) in [5.74, 6) is -1.48. The summed E-state index contributed by atoms with van der Waals surface area (Å²) in [5, 5.41) is 8.56. The highest BCUT2D eigenvalue weighted by Crippen LogP contribution is 2.20. The molecule has 1 aromatic carbocycles. The van der Waals surface area contributed by atoms with E-state index < -0.39 is 5.97 Å². The average Bonchev–Trinajstić information content (AvgIpc) is 2.45. The topological polar surface area (TPSA) is 66.8 Å².